The predicted octanol–water partition coefficient (Wildman–Crippen LogP) is 4.65. The molecule has 1 saturated heterocycles. The van der Waals surface area contributed by atoms with Crippen LogP contribution in [0.1, 0.15) is 11.1 Å². The first-order valence-electron chi connectivity index (χ1n) is 9.82. The maximum Gasteiger partial charge on any atom is 0.165 e. The maximum atomic E-state index is 14.4. The SMILES string of the molecule is COc1ccc(C2=CCOc3cc(N4CCOCC4)c4ccccc4c32)cc1F. The van der Waals surface area contributed by atoms with Crippen LogP contribution >= 0.6 is 0 Å². The van der Waals surface area contributed by atoms with E-state index in [4.69, 9.17) is 14.2 Å². The van der Waals surface area contributed by atoms with Crippen LogP contribution in [0.25, 0.3) is 16.3 Å². The highest BCUT2D eigenvalue weighted by molar-refractivity contribution is 6.06. The van der Waals surface area contributed by atoms with Gasteiger partial charge in [-0.2, -0.15) is 0 Å². The first kappa shape index (κ1) is 18.0. The highest BCUT2D eigenvalue weighted by Crippen LogP contribution is 2.44. The van der Waals surface area contributed by atoms with Crippen molar-refractivity contribution in [2.45, 2.75) is 0 Å². The van der Waals surface area contributed by atoms with E-state index in [0.717, 1.165) is 59.8 Å². The van der Waals surface area contributed by atoms with Crippen molar-refractivity contribution in [3.8, 4) is 11.5 Å². The molecule has 148 valence electrons. The van der Waals surface area contributed by atoms with Crippen LogP contribution in [0.5, 0.6) is 11.5 Å². The first-order valence-corrected chi connectivity index (χ1v) is 9.82. The molecule has 0 unspecified atom stereocenters. The summed E-state index contributed by atoms with van der Waals surface area (Å²) >= 11 is 0. The minimum Gasteiger partial charge on any atom is -0.494 e. The Balaban J connectivity index is 1.69. The zero-order valence-electron chi connectivity index (χ0n) is 16.3. The Labute approximate surface area is 169 Å². The molecule has 2 aliphatic heterocycles. The summed E-state index contributed by atoms with van der Waals surface area (Å²) in [5.74, 6) is 0.709. The summed E-state index contributed by atoms with van der Waals surface area (Å²) in [5.41, 5.74) is 3.97. The van der Waals surface area contributed by atoms with E-state index in [9.17, 15) is 4.39 Å². The third-order valence-corrected chi connectivity index (χ3v) is 5.60. The van der Waals surface area contributed by atoms with E-state index in [1.807, 2.05) is 18.2 Å². The summed E-state index contributed by atoms with van der Waals surface area (Å²) < 4.78 is 31.0. The Hall–Kier alpha value is -3.05. The molecule has 2 aliphatic rings. The molecule has 1 fully saturated rings. The van der Waals surface area contributed by atoms with Gasteiger partial charge in [-0.25, -0.2) is 4.39 Å². The molecule has 0 spiro atoms. The molecule has 0 aliphatic carbocycles. The van der Waals surface area contributed by atoms with Gasteiger partial charge in [-0.1, -0.05) is 30.3 Å². The number of methoxy groups -OCH3 is 1. The monoisotopic (exact) mass is 391 g/mol. The topological polar surface area (TPSA) is 30.9 Å². The van der Waals surface area contributed by atoms with Crippen molar-refractivity contribution < 1.29 is 18.6 Å². The van der Waals surface area contributed by atoms with Gasteiger partial charge in [0.1, 0.15) is 12.4 Å². The number of hydrogen-bond acceptors (Lipinski definition) is 4. The van der Waals surface area contributed by atoms with Crippen molar-refractivity contribution >= 4 is 22.0 Å². The van der Waals surface area contributed by atoms with E-state index in [1.165, 1.54) is 18.6 Å². The molecule has 0 bridgehead atoms. The smallest absolute Gasteiger partial charge is 0.165 e. The minimum atomic E-state index is -0.367. The molecule has 5 rings (SSSR count). The van der Waals surface area contributed by atoms with Crippen LogP contribution < -0.4 is 14.4 Å². The lowest BCUT2D eigenvalue weighted by atomic mass is 9.90. The molecule has 0 N–H and O–H groups in total. The van der Waals surface area contributed by atoms with Gasteiger partial charge in [0.2, 0.25) is 0 Å². The van der Waals surface area contributed by atoms with Crippen LogP contribution in [0.15, 0.2) is 54.6 Å². The average Bonchev–Trinajstić information content (AvgIpc) is 2.78. The Bertz CT molecular complexity index is 1100. The molecule has 3 aromatic carbocycles. The standard InChI is InChI=1S/C24H22FNO3/c1-27-22-7-6-16(14-20(22)25)17-8-11-29-23-15-21(26-9-12-28-13-10-26)18-4-2-3-5-19(18)24(17)23/h2-8,14-15H,9-13H2,1H3. The lowest BCUT2D eigenvalue weighted by molar-refractivity contribution is 0.123. The van der Waals surface area contributed by atoms with Crippen LogP contribution in [0.3, 0.4) is 0 Å². The van der Waals surface area contributed by atoms with E-state index in [0.29, 0.717) is 6.61 Å². The molecule has 0 amide bonds. The number of nitrogens with zero attached hydrogens (tertiary/aromatic N) is 1. The summed E-state index contributed by atoms with van der Waals surface area (Å²) in [6.07, 6.45) is 2.02. The van der Waals surface area contributed by atoms with Gasteiger partial charge in [-0.05, 0) is 34.7 Å². The average molecular weight is 391 g/mol. The van der Waals surface area contributed by atoms with E-state index >= 15 is 0 Å². The summed E-state index contributed by atoms with van der Waals surface area (Å²) in [6.45, 7) is 3.62. The normalized spacial score (nSPS) is 16.2. The number of anilines is 1. The molecule has 29 heavy (non-hydrogen) atoms. The Morgan fingerprint density at radius 2 is 1.79 bits per heavy atom. The highest BCUT2D eigenvalue weighted by atomic mass is 19.1. The van der Waals surface area contributed by atoms with Crippen molar-refractivity contribution in [1.29, 1.82) is 0 Å². The molecular formula is C24H22FNO3. The van der Waals surface area contributed by atoms with Gasteiger partial charge < -0.3 is 19.1 Å². The van der Waals surface area contributed by atoms with Crippen molar-refractivity contribution in [1.82, 2.24) is 0 Å². The molecule has 4 nitrogen and oxygen atoms in total. The molecule has 0 saturated carbocycles. The van der Waals surface area contributed by atoms with Gasteiger partial charge in [-0.15, -0.1) is 0 Å². The quantitative estimate of drug-likeness (QED) is 0.650. The molecule has 0 atom stereocenters. The molecule has 3 aromatic rings. The predicted molar refractivity (Wildman–Crippen MR) is 113 cm³/mol. The van der Waals surface area contributed by atoms with Gasteiger partial charge in [0.05, 0.1) is 20.3 Å². The zero-order valence-corrected chi connectivity index (χ0v) is 16.3. The van der Waals surface area contributed by atoms with Crippen LogP contribution in [0.4, 0.5) is 10.1 Å². The van der Waals surface area contributed by atoms with Crippen molar-refractivity contribution in [2.75, 3.05) is 44.9 Å². The number of halogens is 1. The number of fused-ring (bicyclic) bond motifs is 3. The van der Waals surface area contributed by atoms with Gasteiger partial charge in [-0.3, -0.25) is 0 Å². The van der Waals surface area contributed by atoms with Crippen LogP contribution in [-0.2, 0) is 4.74 Å². The Morgan fingerprint density at radius 1 is 1.00 bits per heavy atom. The van der Waals surface area contributed by atoms with Crippen molar-refractivity contribution in [3.63, 3.8) is 0 Å². The van der Waals surface area contributed by atoms with Gasteiger partial charge in [0.15, 0.2) is 11.6 Å². The number of ether oxygens (including phenoxy) is 3. The molecule has 2 heterocycles. The molecule has 0 aromatic heterocycles. The summed E-state index contributed by atoms with van der Waals surface area (Å²) in [6, 6.07) is 15.6. The third kappa shape index (κ3) is 3.12. The zero-order chi connectivity index (χ0) is 19.8. The Kier molecular flexibility index (Phi) is 4.60. The van der Waals surface area contributed by atoms with Crippen LogP contribution in [0.2, 0.25) is 0 Å². The minimum absolute atomic E-state index is 0.245. The molecular weight excluding hydrogens is 369 g/mol. The van der Waals surface area contributed by atoms with Crippen LogP contribution in [0, 0.1) is 5.82 Å². The van der Waals surface area contributed by atoms with E-state index in [-0.39, 0.29) is 11.6 Å². The fourth-order valence-electron chi connectivity index (χ4n) is 4.20. The van der Waals surface area contributed by atoms with E-state index < -0.39 is 0 Å². The largest absolute Gasteiger partial charge is 0.494 e. The second-order valence-electron chi connectivity index (χ2n) is 7.19. The van der Waals surface area contributed by atoms with E-state index in [2.05, 4.69) is 29.2 Å². The van der Waals surface area contributed by atoms with Crippen molar-refractivity contribution in [3.05, 3.63) is 71.6 Å². The lowest BCUT2D eigenvalue weighted by Gasteiger charge is -2.32. The van der Waals surface area contributed by atoms with Gasteiger partial charge in [0, 0.05) is 35.8 Å². The number of benzene rings is 3. The molecule has 5 heteroatoms. The fraction of sp³-hybridized carbons (Fsp3) is 0.250. The van der Waals surface area contributed by atoms with Crippen LogP contribution in [-0.4, -0.2) is 40.0 Å². The fourth-order valence-corrected chi connectivity index (χ4v) is 4.20. The van der Waals surface area contributed by atoms with E-state index in [1.54, 1.807) is 6.07 Å². The number of rotatable bonds is 3. The number of morpholine rings is 1. The second kappa shape index (κ2) is 7.41. The number of hydrogen-bond donors (Lipinski definition) is 0. The summed E-state index contributed by atoms with van der Waals surface area (Å²) in [7, 11) is 1.47. The van der Waals surface area contributed by atoms with Crippen molar-refractivity contribution in [2.24, 2.45) is 0 Å². The van der Waals surface area contributed by atoms with Gasteiger partial charge in [0.25, 0.3) is 0 Å². The third-order valence-electron chi connectivity index (χ3n) is 5.60. The lowest BCUT2D eigenvalue weighted by Crippen LogP contribution is -2.36. The molecule has 0 radical (unpaired) electrons. The summed E-state index contributed by atoms with van der Waals surface area (Å²) in [5, 5.41) is 2.27. The van der Waals surface area contributed by atoms with Gasteiger partial charge >= 0.3 is 0 Å². The summed E-state index contributed by atoms with van der Waals surface area (Å²) in [4.78, 5) is 2.35. The maximum absolute atomic E-state index is 14.4. The second-order valence-corrected chi connectivity index (χ2v) is 7.19. The first-order chi connectivity index (χ1) is 14.3. The Morgan fingerprint density at radius 3 is 2.55 bits per heavy atom. The highest BCUT2D eigenvalue weighted by Gasteiger charge is 2.24.